The van der Waals surface area contributed by atoms with Crippen molar-refractivity contribution in [2.45, 2.75) is 37.8 Å². The van der Waals surface area contributed by atoms with Gasteiger partial charge < -0.3 is 5.11 Å². The van der Waals surface area contributed by atoms with Gasteiger partial charge in [-0.1, -0.05) is 25.4 Å². The van der Waals surface area contributed by atoms with Crippen LogP contribution < -0.4 is 4.72 Å². The van der Waals surface area contributed by atoms with Crippen LogP contribution in [-0.4, -0.2) is 26.0 Å². The van der Waals surface area contributed by atoms with Gasteiger partial charge in [-0.2, -0.15) is 0 Å². The minimum absolute atomic E-state index is 0.103. The van der Waals surface area contributed by atoms with Gasteiger partial charge in [-0.05, 0) is 31.4 Å². The van der Waals surface area contributed by atoms with Gasteiger partial charge in [0.1, 0.15) is 4.21 Å². The third kappa shape index (κ3) is 3.52. The number of carboxylic acid groups (broad SMARTS) is 1. The molecule has 1 rings (SSSR count). The van der Waals surface area contributed by atoms with Crippen LogP contribution in [0, 0.1) is 12.3 Å². The molecule has 0 radical (unpaired) electrons. The number of halogens is 1. The second kappa shape index (κ2) is 6.43. The average molecular weight is 340 g/mol. The van der Waals surface area contributed by atoms with E-state index in [0.29, 0.717) is 22.7 Å². The lowest BCUT2D eigenvalue weighted by Crippen LogP contribution is -2.42. The van der Waals surface area contributed by atoms with Crippen molar-refractivity contribution in [1.29, 1.82) is 0 Å². The Bertz CT molecular complexity index is 571. The summed E-state index contributed by atoms with van der Waals surface area (Å²) in [6, 6.07) is 1.48. The maximum absolute atomic E-state index is 12.1. The van der Waals surface area contributed by atoms with Crippen molar-refractivity contribution in [3.63, 3.8) is 0 Å². The fourth-order valence-corrected chi connectivity index (χ4v) is 4.63. The molecule has 0 amide bonds. The van der Waals surface area contributed by atoms with E-state index in [4.69, 9.17) is 11.6 Å². The maximum Gasteiger partial charge on any atom is 0.310 e. The summed E-state index contributed by atoms with van der Waals surface area (Å²) in [7, 11) is -3.73. The molecule has 0 aliphatic carbocycles. The van der Waals surface area contributed by atoms with Crippen LogP contribution in [0.3, 0.4) is 0 Å². The summed E-state index contributed by atoms with van der Waals surface area (Å²) in [6.45, 7) is 5.06. The Morgan fingerprint density at radius 3 is 2.35 bits per heavy atom. The van der Waals surface area contributed by atoms with E-state index in [0.717, 1.165) is 11.3 Å². The molecule has 0 bridgehead atoms. The molecule has 2 N–H and O–H groups in total. The van der Waals surface area contributed by atoms with Gasteiger partial charge in [-0.3, -0.25) is 4.79 Å². The second-order valence-corrected chi connectivity index (χ2v) is 8.29. The van der Waals surface area contributed by atoms with Crippen molar-refractivity contribution in [1.82, 2.24) is 4.72 Å². The number of hydrogen-bond acceptors (Lipinski definition) is 4. The predicted molar refractivity (Wildman–Crippen MR) is 79.9 cm³/mol. The molecule has 0 aromatic carbocycles. The maximum atomic E-state index is 12.1. The number of carbonyl (C=O) groups is 1. The van der Waals surface area contributed by atoms with E-state index in [2.05, 4.69) is 4.72 Å². The molecule has 0 atom stereocenters. The monoisotopic (exact) mass is 339 g/mol. The van der Waals surface area contributed by atoms with Crippen molar-refractivity contribution in [3.05, 3.63) is 16.0 Å². The van der Waals surface area contributed by atoms with Gasteiger partial charge in [-0.25, -0.2) is 13.1 Å². The Morgan fingerprint density at radius 1 is 1.45 bits per heavy atom. The molecule has 0 fully saturated rings. The molecule has 0 spiro atoms. The Labute approximate surface area is 128 Å². The normalized spacial score (nSPS) is 12.6. The van der Waals surface area contributed by atoms with Crippen molar-refractivity contribution in [2.75, 3.05) is 6.54 Å². The van der Waals surface area contributed by atoms with Crippen molar-refractivity contribution >= 4 is 38.9 Å². The quantitative estimate of drug-likeness (QED) is 0.800. The van der Waals surface area contributed by atoms with E-state index in [-0.39, 0.29) is 10.8 Å². The fraction of sp³-hybridized carbons (Fsp3) is 0.583. The zero-order valence-electron chi connectivity index (χ0n) is 11.6. The molecule has 1 aromatic rings. The molecule has 5 nitrogen and oxygen atoms in total. The van der Waals surface area contributed by atoms with E-state index >= 15 is 0 Å². The molecular formula is C12H18ClNO4S2. The fourth-order valence-electron chi connectivity index (χ4n) is 1.75. The van der Waals surface area contributed by atoms with Gasteiger partial charge in [0.05, 0.1) is 9.75 Å². The van der Waals surface area contributed by atoms with E-state index < -0.39 is 21.4 Å². The number of rotatable bonds is 7. The zero-order valence-corrected chi connectivity index (χ0v) is 14.0. The van der Waals surface area contributed by atoms with Gasteiger partial charge in [0.25, 0.3) is 0 Å². The highest BCUT2D eigenvalue weighted by Crippen LogP contribution is 2.31. The predicted octanol–water partition coefficient (Wildman–Crippen LogP) is 2.88. The largest absolute Gasteiger partial charge is 0.481 e. The number of carboxylic acids is 1. The van der Waals surface area contributed by atoms with Crippen LogP contribution >= 0.6 is 22.9 Å². The summed E-state index contributed by atoms with van der Waals surface area (Å²) in [5.41, 5.74) is -0.393. The number of aryl methyl sites for hydroxylation is 1. The van der Waals surface area contributed by atoms with Crippen LogP contribution in [0.15, 0.2) is 10.3 Å². The molecule has 0 saturated carbocycles. The molecule has 0 saturated heterocycles. The van der Waals surface area contributed by atoms with E-state index in [1.165, 1.54) is 6.07 Å². The molecule has 1 heterocycles. The summed E-state index contributed by atoms with van der Waals surface area (Å²) in [5.74, 6) is -0.995. The molecule has 0 aliphatic rings. The van der Waals surface area contributed by atoms with Gasteiger partial charge in [0, 0.05) is 6.54 Å². The first-order chi connectivity index (χ1) is 9.18. The van der Waals surface area contributed by atoms with E-state index in [9.17, 15) is 18.3 Å². The van der Waals surface area contributed by atoms with E-state index in [1.54, 1.807) is 20.8 Å². The number of hydrogen-bond donors (Lipinski definition) is 2. The highest BCUT2D eigenvalue weighted by Gasteiger charge is 2.36. The number of sulfonamides is 1. The number of nitrogens with one attached hydrogen (secondary N) is 1. The van der Waals surface area contributed by atoms with Gasteiger partial charge in [-0.15, -0.1) is 11.3 Å². The third-order valence-electron chi connectivity index (χ3n) is 3.51. The van der Waals surface area contributed by atoms with Crippen molar-refractivity contribution in [3.8, 4) is 0 Å². The zero-order chi connectivity index (χ0) is 15.6. The summed E-state index contributed by atoms with van der Waals surface area (Å²) < 4.78 is 27.2. The van der Waals surface area contributed by atoms with Gasteiger partial charge >= 0.3 is 5.97 Å². The molecule has 0 aliphatic heterocycles. The molecular weight excluding hydrogens is 322 g/mol. The van der Waals surface area contributed by atoms with Crippen LogP contribution in [-0.2, 0) is 14.8 Å². The first kappa shape index (κ1) is 17.4. The SMILES string of the molecule is CCC(CC)(CNS(=O)(=O)c1cc(C)c(Cl)s1)C(=O)O. The molecule has 1 aromatic heterocycles. The minimum Gasteiger partial charge on any atom is -0.481 e. The number of thiophene rings is 1. The van der Waals surface area contributed by atoms with Gasteiger partial charge in [0.2, 0.25) is 10.0 Å². The standard InChI is InChI=1S/C12H18ClNO4S2/c1-4-12(5-2,11(15)16)7-14-20(17,18)9-6-8(3)10(13)19-9/h6,14H,4-5,7H2,1-3H3,(H,15,16). The van der Waals surface area contributed by atoms with Crippen LogP contribution in [0.5, 0.6) is 0 Å². The second-order valence-electron chi connectivity index (χ2n) is 4.64. The van der Waals surface area contributed by atoms with Gasteiger partial charge in [0.15, 0.2) is 0 Å². The average Bonchev–Trinajstić information content (AvgIpc) is 2.72. The first-order valence-electron chi connectivity index (χ1n) is 6.17. The van der Waals surface area contributed by atoms with Crippen LogP contribution in [0.1, 0.15) is 32.3 Å². The lowest BCUT2D eigenvalue weighted by molar-refractivity contribution is -0.149. The Hall–Kier alpha value is -0.630. The van der Waals surface area contributed by atoms with Crippen molar-refractivity contribution < 1.29 is 18.3 Å². The van der Waals surface area contributed by atoms with Crippen LogP contribution in [0.4, 0.5) is 0 Å². The molecule has 8 heteroatoms. The highest BCUT2D eigenvalue weighted by atomic mass is 35.5. The summed E-state index contributed by atoms with van der Waals surface area (Å²) in [4.78, 5) is 11.3. The van der Waals surface area contributed by atoms with Crippen molar-refractivity contribution in [2.24, 2.45) is 5.41 Å². The van der Waals surface area contributed by atoms with E-state index in [1.807, 2.05) is 0 Å². The smallest absolute Gasteiger partial charge is 0.310 e. The number of aliphatic carboxylic acids is 1. The Morgan fingerprint density at radius 2 is 2.00 bits per heavy atom. The third-order valence-corrected chi connectivity index (χ3v) is 6.94. The lowest BCUT2D eigenvalue weighted by atomic mass is 9.83. The molecule has 20 heavy (non-hydrogen) atoms. The Balaban J connectivity index is 2.95. The minimum atomic E-state index is -3.73. The topological polar surface area (TPSA) is 83.5 Å². The highest BCUT2D eigenvalue weighted by molar-refractivity contribution is 7.91. The first-order valence-corrected chi connectivity index (χ1v) is 8.85. The lowest BCUT2D eigenvalue weighted by Gasteiger charge is -2.26. The molecule has 0 unspecified atom stereocenters. The molecule has 114 valence electrons. The van der Waals surface area contributed by atoms with Crippen LogP contribution in [0.2, 0.25) is 4.34 Å². The summed E-state index contributed by atoms with van der Waals surface area (Å²) in [5, 5.41) is 9.29. The van der Waals surface area contributed by atoms with Crippen LogP contribution in [0.25, 0.3) is 0 Å². The Kier molecular flexibility index (Phi) is 5.60. The summed E-state index contributed by atoms with van der Waals surface area (Å²) >= 11 is 6.83. The summed E-state index contributed by atoms with van der Waals surface area (Å²) in [6.07, 6.45) is 0.706.